The first-order valence-electron chi connectivity index (χ1n) is 7.91. The number of urea groups is 1. The maximum absolute atomic E-state index is 11.9. The van der Waals surface area contributed by atoms with Crippen LogP contribution in [0.1, 0.15) is 18.4 Å². The van der Waals surface area contributed by atoms with Gasteiger partial charge in [-0.3, -0.25) is 4.79 Å². The minimum Gasteiger partial charge on any atom is -0.335 e. The number of hydrogen-bond acceptors (Lipinski definition) is 2. The molecule has 2 aromatic rings. The smallest absolute Gasteiger partial charge is 0.319 e. The van der Waals surface area contributed by atoms with Crippen LogP contribution in [0, 0.1) is 0 Å². The van der Waals surface area contributed by atoms with Crippen LogP contribution in [0.25, 0.3) is 6.08 Å². The highest BCUT2D eigenvalue weighted by atomic mass is 16.2. The Balaban J connectivity index is 1.50. The highest BCUT2D eigenvalue weighted by Gasteiger charge is 2.23. The van der Waals surface area contributed by atoms with Crippen LogP contribution < -0.4 is 16.0 Å². The van der Waals surface area contributed by atoms with E-state index in [1.54, 1.807) is 30.3 Å². The van der Waals surface area contributed by atoms with Crippen molar-refractivity contribution >= 4 is 29.4 Å². The van der Waals surface area contributed by atoms with E-state index in [1.807, 2.05) is 30.3 Å². The second-order valence-corrected chi connectivity index (χ2v) is 5.68. The van der Waals surface area contributed by atoms with Crippen molar-refractivity contribution in [3.05, 3.63) is 66.2 Å². The Morgan fingerprint density at radius 2 is 1.50 bits per heavy atom. The molecule has 1 saturated carbocycles. The van der Waals surface area contributed by atoms with E-state index in [0.717, 1.165) is 18.4 Å². The van der Waals surface area contributed by atoms with Crippen molar-refractivity contribution in [3.63, 3.8) is 0 Å². The van der Waals surface area contributed by atoms with Crippen molar-refractivity contribution in [3.8, 4) is 0 Å². The van der Waals surface area contributed by atoms with E-state index in [-0.39, 0.29) is 11.9 Å². The zero-order chi connectivity index (χ0) is 16.8. The molecule has 24 heavy (non-hydrogen) atoms. The summed E-state index contributed by atoms with van der Waals surface area (Å²) >= 11 is 0. The molecule has 0 unspecified atom stereocenters. The number of amides is 3. The Kier molecular flexibility index (Phi) is 4.91. The maximum atomic E-state index is 11.9. The lowest BCUT2D eigenvalue weighted by molar-refractivity contribution is -0.111. The van der Waals surface area contributed by atoms with Gasteiger partial charge in [-0.2, -0.15) is 0 Å². The van der Waals surface area contributed by atoms with E-state index >= 15 is 0 Å². The number of carbonyl (C=O) groups is 2. The Hall–Kier alpha value is -3.08. The van der Waals surface area contributed by atoms with Gasteiger partial charge in [0.1, 0.15) is 0 Å². The topological polar surface area (TPSA) is 70.2 Å². The molecule has 0 radical (unpaired) electrons. The van der Waals surface area contributed by atoms with Gasteiger partial charge < -0.3 is 16.0 Å². The van der Waals surface area contributed by atoms with E-state index in [1.165, 1.54) is 6.08 Å². The molecule has 0 atom stereocenters. The Labute approximate surface area is 140 Å². The van der Waals surface area contributed by atoms with Crippen molar-refractivity contribution < 1.29 is 9.59 Å². The number of carbonyl (C=O) groups excluding carboxylic acids is 2. The summed E-state index contributed by atoms with van der Waals surface area (Å²) in [5.41, 5.74) is 2.32. The maximum Gasteiger partial charge on any atom is 0.319 e. The second-order valence-electron chi connectivity index (χ2n) is 5.68. The molecule has 1 aliphatic carbocycles. The Morgan fingerprint density at radius 1 is 0.875 bits per heavy atom. The van der Waals surface area contributed by atoms with Crippen LogP contribution in [0.5, 0.6) is 0 Å². The molecule has 0 spiro atoms. The molecule has 3 amide bonds. The minimum atomic E-state index is -0.203. The minimum absolute atomic E-state index is 0.194. The summed E-state index contributed by atoms with van der Waals surface area (Å²) in [6.07, 6.45) is 5.35. The third kappa shape index (κ3) is 4.98. The molecular formula is C19H19N3O2. The van der Waals surface area contributed by atoms with E-state index in [2.05, 4.69) is 16.0 Å². The summed E-state index contributed by atoms with van der Waals surface area (Å²) in [7, 11) is 0. The normalized spacial score (nSPS) is 13.5. The van der Waals surface area contributed by atoms with Gasteiger partial charge >= 0.3 is 6.03 Å². The average molecular weight is 321 g/mol. The van der Waals surface area contributed by atoms with E-state index < -0.39 is 0 Å². The molecule has 3 rings (SSSR count). The van der Waals surface area contributed by atoms with Crippen LogP contribution >= 0.6 is 0 Å². The first-order chi connectivity index (χ1) is 11.7. The molecule has 0 saturated heterocycles. The quantitative estimate of drug-likeness (QED) is 0.736. The van der Waals surface area contributed by atoms with E-state index in [0.29, 0.717) is 17.4 Å². The number of rotatable bonds is 5. The van der Waals surface area contributed by atoms with Gasteiger partial charge in [-0.1, -0.05) is 30.3 Å². The summed E-state index contributed by atoms with van der Waals surface area (Å²) in [5.74, 6) is -0.203. The fraction of sp³-hybridized carbons (Fsp3) is 0.158. The molecule has 3 N–H and O–H groups in total. The van der Waals surface area contributed by atoms with Crippen LogP contribution in [-0.2, 0) is 4.79 Å². The number of hydrogen-bond donors (Lipinski definition) is 3. The highest BCUT2D eigenvalue weighted by molar-refractivity contribution is 6.02. The lowest BCUT2D eigenvalue weighted by Gasteiger charge is -2.07. The lowest BCUT2D eigenvalue weighted by Crippen LogP contribution is -2.30. The summed E-state index contributed by atoms with van der Waals surface area (Å²) in [6.45, 7) is 0. The second kappa shape index (κ2) is 7.46. The van der Waals surface area contributed by atoms with Gasteiger partial charge in [0, 0.05) is 23.5 Å². The Bertz CT molecular complexity index is 735. The molecule has 0 bridgehead atoms. The summed E-state index contributed by atoms with van der Waals surface area (Å²) < 4.78 is 0. The van der Waals surface area contributed by atoms with Gasteiger partial charge in [0.25, 0.3) is 0 Å². The molecule has 122 valence electrons. The molecule has 5 heteroatoms. The van der Waals surface area contributed by atoms with Crippen molar-refractivity contribution in [2.24, 2.45) is 0 Å². The monoisotopic (exact) mass is 321 g/mol. The summed E-state index contributed by atoms with van der Waals surface area (Å²) in [6, 6.07) is 16.8. The molecule has 5 nitrogen and oxygen atoms in total. The average Bonchev–Trinajstić information content (AvgIpc) is 3.39. The standard InChI is InChI=1S/C19H19N3O2/c23-18(13-6-14-4-2-1-3-5-14)20-15-7-9-16(10-8-15)21-19(24)22-17-11-12-17/h1-10,13,17H,11-12H2,(H,20,23)(H2,21,22,24)/b13-6+. The number of nitrogens with one attached hydrogen (secondary N) is 3. The van der Waals surface area contributed by atoms with Crippen LogP contribution in [0.3, 0.4) is 0 Å². The lowest BCUT2D eigenvalue weighted by atomic mass is 10.2. The van der Waals surface area contributed by atoms with Crippen molar-refractivity contribution in [2.75, 3.05) is 10.6 Å². The molecule has 0 aromatic heterocycles. The first-order valence-corrected chi connectivity index (χ1v) is 7.91. The largest absolute Gasteiger partial charge is 0.335 e. The molecule has 2 aromatic carbocycles. The predicted octanol–water partition coefficient (Wildman–Crippen LogP) is 3.62. The molecule has 1 fully saturated rings. The molecular weight excluding hydrogens is 302 g/mol. The van der Waals surface area contributed by atoms with Crippen LogP contribution in [-0.4, -0.2) is 18.0 Å². The van der Waals surface area contributed by atoms with Crippen LogP contribution in [0.4, 0.5) is 16.2 Å². The summed E-state index contributed by atoms with van der Waals surface area (Å²) in [4.78, 5) is 23.5. The van der Waals surface area contributed by atoms with E-state index in [4.69, 9.17) is 0 Å². The van der Waals surface area contributed by atoms with Crippen molar-refractivity contribution in [2.45, 2.75) is 18.9 Å². The van der Waals surface area contributed by atoms with Gasteiger partial charge in [-0.15, -0.1) is 0 Å². The van der Waals surface area contributed by atoms with E-state index in [9.17, 15) is 9.59 Å². The Morgan fingerprint density at radius 3 is 2.12 bits per heavy atom. The number of benzene rings is 2. The fourth-order valence-corrected chi connectivity index (χ4v) is 2.14. The molecule has 1 aliphatic rings. The van der Waals surface area contributed by atoms with Crippen molar-refractivity contribution in [1.82, 2.24) is 5.32 Å². The predicted molar refractivity (Wildman–Crippen MR) is 95.7 cm³/mol. The SMILES string of the molecule is O=C(/C=C/c1ccccc1)Nc1ccc(NC(=O)NC2CC2)cc1. The number of anilines is 2. The van der Waals surface area contributed by atoms with Crippen LogP contribution in [0.15, 0.2) is 60.7 Å². The van der Waals surface area contributed by atoms with Crippen LogP contribution in [0.2, 0.25) is 0 Å². The third-order valence-corrected chi connectivity index (χ3v) is 3.55. The summed E-state index contributed by atoms with van der Waals surface area (Å²) in [5, 5.41) is 8.40. The molecule has 0 heterocycles. The van der Waals surface area contributed by atoms with Gasteiger partial charge in [0.15, 0.2) is 0 Å². The van der Waals surface area contributed by atoms with Gasteiger partial charge in [0.2, 0.25) is 5.91 Å². The van der Waals surface area contributed by atoms with Gasteiger partial charge in [0.05, 0.1) is 0 Å². The van der Waals surface area contributed by atoms with Gasteiger partial charge in [-0.05, 0) is 48.7 Å². The first kappa shape index (κ1) is 15.8. The highest BCUT2D eigenvalue weighted by Crippen LogP contribution is 2.19. The zero-order valence-corrected chi connectivity index (χ0v) is 13.2. The van der Waals surface area contributed by atoms with Crippen molar-refractivity contribution in [1.29, 1.82) is 0 Å². The van der Waals surface area contributed by atoms with Gasteiger partial charge in [-0.25, -0.2) is 4.79 Å². The zero-order valence-electron chi connectivity index (χ0n) is 13.2. The fourth-order valence-electron chi connectivity index (χ4n) is 2.14. The molecule has 0 aliphatic heterocycles. The third-order valence-electron chi connectivity index (χ3n) is 3.55.